The highest BCUT2D eigenvalue weighted by molar-refractivity contribution is 8.00. The van der Waals surface area contributed by atoms with E-state index >= 15 is 0 Å². The maximum Gasteiger partial charge on any atom is 0.180 e. The molecule has 4 rings (SSSR count). The quantitative estimate of drug-likeness (QED) is 0.112. The summed E-state index contributed by atoms with van der Waals surface area (Å²) in [6.07, 6.45) is 4.39. The normalized spacial score (nSPS) is 12.5. The molecule has 0 aliphatic heterocycles. The fourth-order valence-corrected chi connectivity index (χ4v) is 6.86. The molecule has 0 amide bonds. The molecule has 4 aromatic carbocycles. The number of rotatable bonds is 15. The molecule has 0 bridgehead atoms. The molecule has 0 fully saturated rings. The minimum Gasteiger partial charge on any atom is -0.293 e. The number of carbonyl (C=O) groups is 2. The Morgan fingerprint density at radius 3 is 1.11 bits per heavy atom. The zero-order chi connectivity index (χ0) is 26.4. The van der Waals surface area contributed by atoms with Crippen LogP contribution in [0.3, 0.4) is 0 Å². The van der Waals surface area contributed by atoms with Crippen molar-refractivity contribution in [1.82, 2.24) is 0 Å². The summed E-state index contributed by atoms with van der Waals surface area (Å²) in [5, 5.41) is -0.352. The number of ketones is 2. The first-order valence-electron chi connectivity index (χ1n) is 13.3. The van der Waals surface area contributed by atoms with Gasteiger partial charge in [0.15, 0.2) is 11.6 Å². The number of hydrogen-bond acceptors (Lipinski definition) is 4. The summed E-state index contributed by atoms with van der Waals surface area (Å²) in [6.45, 7) is 0. The van der Waals surface area contributed by atoms with E-state index in [1.807, 2.05) is 97.1 Å². The first kappa shape index (κ1) is 27.9. The zero-order valence-corrected chi connectivity index (χ0v) is 23.2. The number of unbranched alkanes of at least 4 members (excludes halogenated alkanes) is 3. The molecule has 0 aliphatic rings. The summed E-state index contributed by atoms with van der Waals surface area (Å²) >= 11 is 3.49. The van der Waals surface area contributed by atoms with Crippen LogP contribution in [0.2, 0.25) is 0 Å². The number of Topliss-reactive ketones (excluding diaryl/α,β-unsaturated/α-hetero) is 2. The van der Waals surface area contributed by atoms with Crippen LogP contribution in [0.4, 0.5) is 0 Å². The van der Waals surface area contributed by atoms with Crippen molar-refractivity contribution in [2.45, 2.75) is 36.2 Å². The molecule has 2 atom stereocenters. The molecule has 0 aromatic heterocycles. The van der Waals surface area contributed by atoms with E-state index in [-0.39, 0.29) is 22.1 Å². The Balaban J connectivity index is 1.23. The van der Waals surface area contributed by atoms with Gasteiger partial charge in [-0.1, -0.05) is 134 Å². The van der Waals surface area contributed by atoms with Gasteiger partial charge in [0.1, 0.15) is 0 Å². The molecule has 0 heterocycles. The predicted molar refractivity (Wildman–Crippen MR) is 163 cm³/mol. The maximum atomic E-state index is 13.2. The molecule has 0 saturated carbocycles. The predicted octanol–water partition coefficient (Wildman–Crippen LogP) is 9.26. The SMILES string of the molecule is O=C(c1ccccc1)[C@H](SCCCCCCS[C@@H](C(=O)c1ccccc1)c1ccccc1)c1ccccc1. The van der Waals surface area contributed by atoms with Gasteiger partial charge in [-0.25, -0.2) is 0 Å². The van der Waals surface area contributed by atoms with Crippen molar-refractivity contribution in [3.63, 3.8) is 0 Å². The van der Waals surface area contributed by atoms with Gasteiger partial charge in [-0.3, -0.25) is 9.59 Å². The van der Waals surface area contributed by atoms with Crippen LogP contribution >= 0.6 is 23.5 Å². The lowest BCUT2D eigenvalue weighted by molar-refractivity contribution is 0.0981. The minimum absolute atomic E-state index is 0.174. The smallest absolute Gasteiger partial charge is 0.180 e. The third kappa shape index (κ3) is 8.21. The van der Waals surface area contributed by atoms with Gasteiger partial charge in [0, 0.05) is 11.1 Å². The van der Waals surface area contributed by atoms with Gasteiger partial charge < -0.3 is 0 Å². The summed E-state index contributed by atoms with van der Waals surface area (Å²) in [7, 11) is 0. The highest BCUT2D eigenvalue weighted by Gasteiger charge is 2.23. The van der Waals surface area contributed by atoms with E-state index in [1.54, 1.807) is 23.5 Å². The van der Waals surface area contributed by atoms with Crippen LogP contribution in [-0.4, -0.2) is 23.1 Å². The van der Waals surface area contributed by atoms with Crippen LogP contribution in [0.5, 0.6) is 0 Å². The second-order valence-electron chi connectivity index (χ2n) is 9.20. The third-order valence-corrected chi connectivity index (χ3v) is 9.09. The molecule has 0 spiro atoms. The van der Waals surface area contributed by atoms with E-state index in [2.05, 4.69) is 24.3 Å². The molecule has 38 heavy (non-hydrogen) atoms. The molecule has 0 unspecified atom stereocenters. The van der Waals surface area contributed by atoms with Gasteiger partial charge in [0.05, 0.1) is 10.5 Å². The van der Waals surface area contributed by atoms with Crippen LogP contribution in [0.1, 0.15) is 68.0 Å². The Kier molecular flexibility index (Phi) is 11.3. The summed E-state index contributed by atoms with van der Waals surface area (Å²) in [5.74, 6) is 2.25. The lowest BCUT2D eigenvalue weighted by atomic mass is 10.0. The van der Waals surface area contributed by atoms with Crippen molar-refractivity contribution < 1.29 is 9.59 Å². The summed E-state index contributed by atoms with van der Waals surface area (Å²) in [6, 6.07) is 39.4. The number of thioether (sulfide) groups is 2. The minimum atomic E-state index is -0.176. The van der Waals surface area contributed by atoms with Gasteiger partial charge in [0.25, 0.3) is 0 Å². The lowest BCUT2D eigenvalue weighted by Crippen LogP contribution is -2.11. The molecule has 4 heteroatoms. The van der Waals surface area contributed by atoms with Crippen LogP contribution in [0, 0.1) is 0 Å². The van der Waals surface area contributed by atoms with Crippen molar-refractivity contribution in [2.24, 2.45) is 0 Å². The second-order valence-corrected chi connectivity index (χ2v) is 11.6. The van der Waals surface area contributed by atoms with E-state index < -0.39 is 0 Å². The van der Waals surface area contributed by atoms with Crippen molar-refractivity contribution in [3.05, 3.63) is 144 Å². The van der Waals surface area contributed by atoms with Crippen molar-refractivity contribution in [3.8, 4) is 0 Å². The Morgan fingerprint density at radius 2 is 0.763 bits per heavy atom. The first-order chi connectivity index (χ1) is 18.7. The molecule has 0 N–H and O–H groups in total. The van der Waals surface area contributed by atoms with E-state index in [0.29, 0.717) is 0 Å². The third-order valence-electron chi connectivity index (χ3n) is 6.41. The highest BCUT2D eigenvalue weighted by atomic mass is 32.2. The Bertz CT molecular complexity index is 1140. The molecular formula is C34H34O2S2. The van der Waals surface area contributed by atoms with Crippen LogP contribution in [-0.2, 0) is 0 Å². The van der Waals surface area contributed by atoms with Gasteiger partial charge in [-0.2, -0.15) is 0 Å². The van der Waals surface area contributed by atoms with Crippen LogP contribution < -0.4 is 0 Å². The standard InChI is InChI=1S/C34H34O2S2/c35-31(27-17-7-3-8-18-27)33(29-21-11-5-12-22-29)37-25-15-1-2-16-26-38-34(30-23-13-6-14-24-30)32(36)28-19-9-4-10-20-28/h3-14,17-24,33-34H,1-2,15-16,25-26H2/t33-,34-/m1/s1. The Labute approximate surface area is 235 Å². The van der Waals surface area contributed by atoms with Gasteiger partial charge in [-0.05, 0) is 35.5 Å². The highest BCUT2D eigenvalue weighted by Crippen LogP contribution is 2.35. The Hall–Kier alpha value is -3.08. The second kappa shape index (κ2) is 15.4. The maximum absolute atomic E-state index is 13.2. The molecule has 2 nitrogen and oxygen atoms in total. The monoisotopic (exact) mass is 538 g/mol. The van der Waals surface area contributed by atoms with E-state index in [0.717, 1.165) is 59.4 Å². The van der Waals surface area contributed by atoms with Crippen LogP contribution in [0.25, 0.3) is 0 Å². The number of hydrogen-bond donors (Lipinski definition) is 0. The van der Waals surface area contributed by atoms with Gasteiger partial charge in [-0.15, -0.1) is 23.5 Å². The number of carbonyl (C=O) groups excluding carboxylic acids is 2. The van der Waals surface area contributed by atoms with Crippen molar-refractivity contribution in [1.29, 1.82) is 0 Å². The molecule has 194 valence electrons. The average Bonchev–Trinajstić information content (AvgIpc) is 2.99. The fourth-order valence-electron chi connectivity index (χ4n) is 4.37. The molecular weight excluding hydrogens is 505 g/mol. The van der Waals surface area contributed by atoms with E-state index in [1.165, 1.54) is 0 Å². The van der Waals surface area contributed by atoms with E-state index in [4.69, 9.17) is 0 Å². The first-order valence-corrected chi connectivity index (χ1v) is 15.4. The fraction of sp³-hybridized carbons (Fsp3) is 0.235. The van der Waals surface area contributed by atoms with Crippen LogP contribution in [0.15, 0.2) is 121 Å². The van der Waals surface area contributed by atoms with E-state index in [9.17, 15) is 9.59 Å². The summed E-state index contributed by atoms with van der Waals surface area (Å²) in [5.41, 5.74) is 3.67. The topological polar surface area (TPSA) is 34.1 Å². The molecule has 4 aromatic rings. The summed E-state index contributed by atoms with van der Waals surface area (Å²) < 4.78 is 0. The number of benzene rings is 4. The Morgan fingerprint density at radius 1 is 0.447 bits per heavy atom. The van der Waals surface area contributed by atoms with Crippen molar-refractivity contribution >= 4 is 35.1 Å². The molecule has 0 radical (unpaired) electrons. The largest absolute Gasteiger partial charge is 0.293 e. The molecule has 0 aliphatic carbocycles. The molecule has 0 saturated heterocycles. The van der Waals surface area contributed by atoms with Gasteiger partial charge in [0.2, 0.25) is 0 Å². The average molecular weight is 539 g/mol. The summed E-state index contributed by atoms with van der Waals surface area (Å²) in [4.78, 5) is 26.5. The lowest BCUT2D eigenvalue weighted by Gasteiger charge is -2.17. The van der Waals surface area contributed by atoms with Crippen molar-refractivity contribution in [2.75, 3.05) is 11.5 Å². The zero-order valence-electron chi connectivity index (χ0n) is 21.6. The van der Waals surface area contributed by atoms with Gasteiger partial charge >= 0.3 is 0 Å².